The molecule has 0 aromatic heterocycles. The molecule has 0 spiro atoms. The third kappa shape index (κ3) is 8.58. The lowest BCUT2D eigenvalue weighted by molar-refractivity contribution is -0.143. The Balaban J connectivity index is 1.61. The number of carbonyl (C=O) groups excluding carboxylic acids is 2. The molecular formula is C32H36BrClN2O3. The molecule has 0 saturated heterocycles. The summed E-state index contributed by atoms with van der Waals surface area (Å²) in [5, 5.41) is 3.85. The maximum Gasteiger partial charge on any atom is 0.261 e. The van der Waals surface area contributed by atoms with E-state index in [-0.39, 0.29) is 31.0 Å². The number of benzene rings is 3. The van der Waals surface area contributed by atoms with Gasteiger partial charge >= 0.3 is 0 Å². The summed E-state index contributed by atoms with van der Waals surface area (Å²) >= 11 is 9.84. The van der Waals surface area contributed by atoms with Crippen LogP contribution in [0.4, 0.5) is 0 Å². The molecule has 3 aromatic carbocycles. The topological polar surface area (TPSA) is 58.6 Å². The van der Waals surface area contributed by atoms with Gasteiger partial charge in [-0.15, -0.1) is 0 Å². The summed E-state index contributed by atoms with van der Waals surface area (Å²) in [6.45, 7) is 2.14. The van der Waals surface area contributed by atoms with E-state index in [9.17, 15) is 9.59 Å². The van der Waals surface area contributed by atoms with E-state index in [1.807, 2.05) is 66.7 Å². The van der Waals surface area contributed by atoms with Gasteiger partial charge in [0, 0.05) is 24.0 Å². The first-order valence-electron chi connectivity index (χ1n) is 13.7. The molecule has 3 aromatic rings. The van der Waals surface area contributed by atoms with Crippen LogP contribution in [0.5, 0.6) is 5.75 Å². The van der Waals surface area contributed by atoms with E-state index in [1.165, 1.54) is 12.0 Å². The van der Waals surface area contributed by atoms with Crippen LogP contribution in [0.3, 0.4) is 0 Å². The number of nitrogens with zero attached hydrogens (tertiary/aromatic N) is 1. The predicted octanol–water partition coefficient (Wildman–Crippen LogP) is 7.13. The zero-order valence-corrected chi connectivity index (χ0v) is 24.7. The molecule has 0 heterocycles. The van der Waals surface area contributed by atoms with Gasteiger partial charge in [-0.2, -0.15) is 0 Å². The largest absolute Gasteiger partial charge is 0.483 e. The molecule has 5 nitrogen and oxygen atoms in total. The van der Waals surface area contributed by atoms with Crippen LogP contribution in [-0.4, -0.2) is 35.4 Å². The molecule has 7 heteroatoms. The molecule has 39 heavy (non-hydrogen) atoms. The Labute approximate surface area is 245 Å². The average molecular weight is 612 g/mol. The van der Waals surface area contributed by atoms with Crippen LogP contribution in [0.25, 0.3) is 0 Å². The number of halogens is 2. The number of ether oxygens (including phenoxy) is 1. The Bertz CT molecular complexity index is 1250. The summed E-state index contributed by atoms with van der Waals surface area (Å²) in [5.74, 6) is 0.199. The second kappa shape index (κ2) is 14.5. The molecule has 1 saturated carbocycles. The fraction of sp³-hybridized carbons (Fsp3) is 0.375. The summed E-state index contributed by atoms with van der Waals surface area (Å²) in [7, 11) is 0. The lowest BCUT2D eigenvalue weighted by Gasteiger charge is -2.33. The molecule has 0 aliphatic heterocycles. The quantitative estimate of drug-likeness (QED) is 0.251. The highest BCUT2D eigenvalue weighted by Crippen LogP contribution is 2.27. The fourth-order valence-corrected chi connectivity index (χ4v) is 5.79. The summed E-state index contributed by atoms with van der Waals surface area (Å²) in [6.07, 6.45) is 6.67. The Kier molecular flexibility index (Phi) is 10.9. The van der Waals surface area contributed by atoms with Crippen molar-refractivity contribution in [1.82, 2.24) is 10.2 Å². The van der Waals surface area contributed by atoms with Crippen molar-refractivity contribution in [3.63, 3.8) is 0 Å². The van der Waals surface area contributed by atoms with Crippen LogP contribution in [-0.2, 0) is 29.0 Å². The molecule has 0 bridgehead atoms. The maximum atomic E-state index is 13.8. The smallest absolute Gasteiger partial charge is 0.261 e. The van der Waals surface area contributed by atoms with Gasteiger partial charge in [0.25, 0.3) is 5.91 Å². The summed E-state index contributed by atoms with van der Waals surface area (Å²) in [6, 6.07) is 22.6. The minimum Gasteiger partial charge on any atom is -0.483 e. The maximum absolute atomic E-state index is 13.8. The van der Waals surface area contributed by atoms with Gasteiger partial charge in [-0.05, 0) is 76.1 Å². The van der Waals surface area contributed by atoms with E-state index in [2.05, 4.69) is 28.2 Å². The van der Waals surface area contributed by atoms with Crippen molar-refractivity contribution in [3.8, 4) is 5.75 Å². The molecule has 1 fully saturated rings. The number of amides is 2. The Morgan fingerprint density at radius 2 is 1.72 bits per heavy atom. The van der Waals surface area contributed by atoms with Crippen LogP contribution in [0.1, 0.15) is 55.7 Å². The SMILES string of the molecule is CCc1ccc(OCC(=O)N(Cc2cccc(Cl)c2)[C@H](Cc2ccccc2)C(=O)NC2CCCCC2)c(Br)c1. The van der Waals surface area contributed by atoms with Crippen LogP contribution < -0.4 is 10.1 Å². The normalized spacial score (nSPS) is 14.4. The fourth-order valence-electron chi connectivity index (χ4n) is 5.03. The van der Waals surface area contributed by atoms with Crippen molar-refractivity contribution < 1.29 is 14.3 Å². The van der Waals surface area contributed by atoms with Gasteiger partial charge in [0.05, 0.1) is 4.47 Å². The van der Waals surface area contributed by atoms with Gasteiger partial charge in [0.15, 0.2) is 6.61 Å². The van der Waals surface area contributed by atoms with Gasteiger partial charge in [0.2, 0.25) is 5.91 Å². The molecule has 4 rings (SSSR count). The van der Waals surface area contributed by atoms with Crippen molar-refractivity contribution in [2.75, 3.05) is 6.61 Å². The van der Waals surface area contributed by atoms with Crippen molar-refractivity contribution in [2.24, 2.45) is 0 Å². The van der Waals surface area contributed by atoms with Crippen LogP contribution in [0.15, 0.2) is 77.3 Å². The van der Waals surface area contributed by atoms with E-state index < -0.39 is 6.04 Å². The lowest BCUT2D eigenvalue weighted by atomic mass is 9.94. The monoisotopic (exact) mass is 610 g/mol. The molecule has 206 valence electrons. The van der Waals surface area contributed by atoms with E-state index in [1.54, 1.807) is 11.0 Å². The van der Waals surface area contributed by atoms with Gasteiger partial charge in [-0.3, -0.25) is 9.59 Å². The van der Waals surface area contributed by atoms with E-state index in [4.69, 9.17) is 16.3 Å². The van der Waals surface area contributed by atoms with Crippen LogP contribution in [0, 0.1) is 0 Å². The highest BCUT2D eigenvalue weighted by atomic mass is 79.9. The average Bonchev–Trinajstić information content (AvgIpc) is 2.95. The first-order valence-corrected chi connectivity index (χ1v) is 14.9. The Morgan fingerprint density at radius 3 is 2.41 bits per heavy atom. The molecular weight excluding hydrogens is 576 g/mol. The van der Waals surface area contributed by atoms with Crippen molar-refractivity contribution >= 4 is 39.3 Å². The van der Waals surface area contributed by atoms with Crippen molar-refractivity contribution in [1.29, 1.82) is 0 Å². The second-order valence-electron chi connectivity index (χ2n) is 10.1. The van der Waals surface area contributed by atoms with Gasteiger partial charge in [-0.25, -0.2) is 0 Å². The van der Waals surface area contributed by atoms with Crippen molar-refractivity contribution in [2.45, 2.75) is 70.5 Å². The van der Waals surface area contributed by atoms with Gasteiger partial charge in [-0.1, -0.05) is 86.3 Å². The van der Waals surface area contributed by atoms with E-state index in [0.29, 0.717) is 17.2 Å². The Hall–Kier alpha value is -2.83. The number of rotatable bonds is 11. The molecule has 2 amide bonds. The second-order valence-corrected chi connectivity index (χ2v) is 11.4. The van der Waals surface area contributed by atoms with Crippen LogP contribution in [0.2, 0.25) is 5.02 Å². The van der Waals surface area contributed by atoms with Gasteiger partial charge < -0.3 is 15.0 Å². The number of hydrogen-bond acceptors (Lipinski definition) is 3. The number of nitrogens with one attached hydrogen (secondary N) is 1. The number of aryl methyl sites for hydroxylation is 1. The molecule has 0 radical (unpaired) electrons. The molecule has 1 aliphatic carbocycles. The first-order chi connectivity index (χ1) is 18.9. The highest BCUT2D eigenvalue weighted by molar-refractivity contribution is 9.10. The predicted molar refractivity (Wildman–Crippen MR) is 160 cm³/mol. The third-order valence-electron chi connectivity index (χ3n) is 7.22. The zero-order chi connectivity index (χ0) is 27.6. The Morgan fingerprint density at radius 1 is 0.974 bits per heavy atom. The lowest BCUT2D eigenvalue weighted by Crippen LogP contribution is -2.53. The standard InChI is InChI=1S/C32H36BrClN2O3/c1-2-23-16-17-30(28(33)19-23)39-22-31(37)36(21-25-12-9-13-26(34)18-25)29(20-24-10-5-3-6-11-24)32(38)35-27-14-7-4-8-15-27/h3,5-6,9-13,16-19,27,29H,2,4,7-8,14-15,20-22H2,1H3,(H,35,38)/t29-/m1/s1. The summed E-state index contributed by atoms with van der Waals surface area (Å²) < 4.78 is 6.77. The van der Waals surface area contributed by atoms with Gasteiger partial charge in [0.1, 0.15) is 11.8 Å². The first kappa shape index (κ1) is 29.2. The number of carbonyl (C=O) groups is 2. The summed E-state index contributed by atoms with van der Waals surface area (Å²) in [4.78, 5) is 29.3. The van der Waals surface area contributed by atoms with E-state index in [0.717, 1.165) is 47.7 Å². The minimum atomic E-state index is -0.699. The third-order valence-corrected chi connectivity index (χ3v) is 8.08. The summed E-state index contributed by atoms with van der Waals surface area (Å²) in [5.41, 5.74) is 3.02. The molecule has 1 N–H and O–H groups in total. The molecule has 0 unspecified atom stereocenters. The molecule has 1 atom stereocenters. The molecule has 1 aliphatic rings. The highest BCUT2D eigenvalue weighted by Gasteiger charge is 2.32. The van der Waals surface area contributed by atoms with Crippen LogP contribution >= 0.6 is 27.5 Å². The zero-order valence-electron chi connectivity index (χ0n) is 22.4. The minimum absolute atomic E-state index is 0.130. The van der Waals surface area contributed by atoms with Crippen molar-refractivity contribution in [3.05, 3.63) is 99.0 Å². The number of hydrogen-bond donors (Lipinski definition) is 1. The van der Waals surface area contributed by atoms with E-state index >= 15 is 0 Å².